The van der Waals surface area contributed by atoms with Crippen molar-refractivity contribution in [3.63, 3.8) is 0 Å². The van der Waals surface area contributed by atoms with E-state index in [9.17, 15) is 13.2 Å². The minimum absolute atomic E-state index is 0.0747. The van der Waals surface area contributed by atoms with Gasteiger partial charge in [-0.25, -0.2) is 18.1 Å². The maximum atomic E-state index is 13.6. The van der Waals surface area contributed by atoms with Crippen LogP contribution in [0, 0.1) is 0 Å². The van der Waals surface area contributed by atoms with Gasteiger partial charge in [0, 0.05) is 30.9 Å². The van der Waals surface area contributed by atoms with Crippen LogP contribution in [0.4, 0.5) is 11.6 Å². The molecule has 0 saturated carbocycles. The van der Waals surface area contributed by atoms with Crippen LogP contribution in [0.1, 0.15) is 75.6 Å². The van der Waals surface area contributed by atoms with E-state index in [2.05, 4.69) is 33.4 Å². The Bertz CT molecular complexity index is 1370. The van der Waals surface area contributed by atoms with Crippen molar-refractivity contribution >= 4 is 38.6 Å². The zero-order valence-electron chi connectivity index (χ0n) is 24.9. The largest absolute Gasteiger partial charge is 0.339 e. The number of hydrogen-bond donors (Lipinski definition) is 2. The van der Waals surface area contributed by atoms with E-state index >= 15 is 0 Å². The summed E-state index contributed by atoms with van der Waals surface area (Å²) in [5.41, 5.74) is 3.19. The number of nitrogens with zero attached hydrogens (tertiary/aromatic N) is 4. The highest BCUT2D eigenvalue weighted by molar-refractivity contribution is 7.89. The second-order valence-corrected chi connectivity index (χ2v) is 12.8. The van der Waals surface area contributed by atoms with Crippen molar-refractivity contribution in [2.45, 2.75) is 76.7 Å². The molecule has 2 aromatic carbocycles. The number of nitrogens with one attached hydrogen (secondary N) is 2. The number of anilines is 2. The Hall–Kier alpha value is -2.95. The van der Waals surface area contributed by atoms with Crippen molar-refractivity contribution in [2.24, 2.45) is 0 Å². The molecule has 1 amide bonds. The van der Waals surface area contributed by atoms with Gasteiger partial charge >= 0.3 is 0 Å². The predicted octanol–water partition coefficient (Wildman–Crippen LogP) is 5.61. The molecule has 1 saturated heterocycles. The summed E-state index contributed by atoms with van der Waals surface area (Å²) in [4.78, 5) is 23.2. The number of aryl methyl sites for hydroxylation is 1. The maximum absolute atomic E-state index is 13.6. The third-order valence-corrected chi connectivity index (χ3v) is 9.27. The zero-order chi connectivity index (χ0) is 29.2. The number of carbonyl (C=O) groups is 1. The van der Waals surface area contributed by atoms with Crippen LogP contribution in [0.5, 0.6) is 0 Å². The summed E-state index contributed by atoms with van der Waals surface area (Å²) in [7, 11) is -2.11. The SMILES string of the molecule is CCCCN(CCCC)C(=O)c1ccc2nc(Nc3ccc(S(=O)(=O)NC)cc3)n(CCCN3CCCCC3)c2c1. The lowest BCUT2D eigenvalue weighted by Gasteiger charge is -2.26. The number of carbonyl (C=O) groups excluding carboxylic acids is 1. The summed E-state index contributed by atoms with van der Waals surface area (Å²) in [5.74, 6) is 0.756. The van der Waals surface area contributed by atoms with Gasteiger partial charge in [-0.1, -0.05) is 33.1 Å². The number of rotatable bonds is 15. The summed E-state index contributed by atoms with van der Waals surface area (Å²) >= 11 is 0. The quantitative estimate of drug-likeness (QED) is 0.242. The summed E-state index contributed by atoms with van der Waals surface area (Å²) in [6, 6.07) is 12.5. The minimum atomic E-state index is -3.51. The van der Waals surface area contributed by atoms with Crippen molar-refractivity contribution in [3.05, 3.63) is 48.0 Å². The van der Waals surface area contributed by atoms with E-state index in [0.29, 0.717) is 11.5 Å². The smallest absolute Gasteiger partial charge is 0.253 e. The van der Waals surface area contributed by atoms with Crippen LogP contribution in [-0.2, 0) is 16.6 Å². The van der Waals surface area contributed by atoms with E-state index in [1.54, 1.807) is 24.3 Å². The molecule has 2 N–H and O–H groups in total. The summed E-state index contributed by atoms with van der Waals surface area (Å²) in [6.07, 6.45) is 8.90. The van der Waals surface area contributed by atoms with Crippen molar-refractivity contribution in [1.82, 2.24) is 24.1 Å². The molecule has 1 aromatic heterocycles. The fourth-order valence-corrected chi connectivity index (χ4v) is 6.10. The van der Waals surface area contributed by atoms with Gasteiger partial charge in [-0.05, 0) is 101 Å². The monoisotopic (exact) mass is 582 g/mol. The van der Waals surface area contributed by atoms with Gasteiger partial charge in [0.2, 0.25) is 16.0 Å². The van der Waals surface area contributed by atoms with Crippen molar-refractivity contribution < 1.29 is 13.2 Å². The number of unbranched alkanes of at least 4 members (excludes halogenated alkanes) is 2. The second-order valence-electron chi connectivity index (χ2n) is 10.9. The van der Waals surface area contributed by atoms with Crippen molar-refractivity contribution in [2.75, 3.05) is 45.1 Å². The molecule has 0 bridgehead atoms. The van der Waals surface area contributed by atoms with Gasteiger partial charge in [0.1, 0.15) is 0 Å². The van der Waals surface area contributed by atoms with Gasteiger partial charge in [0.05, 0.1) is 15.9 Å². The van der Waals surface area contributed by atoms with Crippen LogP contribution in [0.2, 0.25) is 0 Å². The van der Waals surface area contributed by atoms with Gasteiger partial charge in [0.15, 0.2) is 0 Å². The van der Waals surface area contributed by atoms with Crippen LogP contribution in [0.3, 0.4) is 0 Å². The lowest BCUT2D eigenvalue weighted by atomic mass is 10.1. The molecule has 41 heavy (non-hydrogen) atoms. The molecule has 0 atom stereocenters. The average Bonchev–Trinajstić information content (AvgIpc) is 3.33. The van der Waals surface area contributed by atoms with E-state index in [1.165, 1.54) is 26.3 Å². The molecule has 224 valence electrons. The van der Waals surface area contributed by atoms with Crippen LogP contribution in [0.15, 0.2) is 47.4 Å². The molecule has 4 rings (SSSR count). The van der Waals surface area contributed by atoms with Crippen LogP contribution in [-0.4, -0.2) is 73.4 Å². The van der Waals surface area contributed by atoms with Crippen LogP contribution >= 0.6 is 0 Å². The molecule has 9 nitrogen and oxygen atoms in total. The summed E-state index contributed by atoms with van der Waals surface area (Å²) < 4.78 is 28.8. The number of imidazole rings is 1. The van der Waals surface area contributed by atoms with Crippen molar-refractivity contribution in [1.29, 1.82) is 0 Å². The van der Waals surface area contributed by atoms with Gasteiger partial charge in [-0.2, -0.15) is 0 Å². The molecule has 1 aliphatic rings. The number of piperidine rings is 1. The predicted molar refractivity (Wildman–Crippen MR) is 166 cm³/mol. The standard InChI is InChI=1S/C31H46N6O3S/c1-4-6-21-36(22-7-5-2)30(38)25-12-17-28-29(24-25)37(23-11-20-35-18-9-8-10-19-35)31(34-28)33-26-13-15-27(16-14-26)41(39,40)32-3/h12-17,24,32H,4-11,18-23H2,1-3H3,(H,33,34). The van der Waals surface area contributed by atoms with Crippen LogP contribution < -0.4 is 10.0 Å². The Morgan fingerprint density at radius 1 is 0.927 bits per heavy atom. The minimum Gasteiger partial charge on any atom is -0.339 e. The fourth-order valence-electron chi connectivity index (χ4n) is 5.37. The summed E-state index contributed by atoms with van der Waals surface area (Å²) in [6.45, 7) is 9.94. The van der Waals surface area contributed by atoms with E-state index in [0.717, 1.165) is 88.1 Å². The third-order valence-electron chi connectivity index (χ3n) is 7.84. The Labute approximate surface area is 245 Å². The molecular weight excluding hydrogens is 536 g/mol. The van der Waals surface area contributed by atoms with Gasteiger partial charge in [-0.15, -0.1) is 0 Å². The number of fused-ring (bicyclic) bond motifs is 1. The highest BCUT2D eigenvalue weighted by Crippen LogP contribution is 2.26. The first-order valence-electron chi connectivity index (χ1n) is 15.2. The highest BCUT2D eigenvalue weighted by atomic mass is 32.2. The lowest BCUT2D eigenvalue weighted by molar-refractivity contribution is 0.0751. The first kappa shape index (κ1) is 31.0. The first-order chi connectivity index (χ1) is 19.9. The molecule has 0 aliphatic carbocycles. The van der Waals surface area contributed by atoms with Crippen LogP contribution in [0.25, 0.3) is 11.0 Å². The molecule has 10 heteroatoms. The van der Waals surface area contributed by atoms with Gasteiger partial charge in [-0.3, -0.25) is 4.79 Å². The van der Waals surface area contributed by atoms with Crippen molar-refractivity contribution in [3.8, 4) is 0 Å². The lowest BCUT2D eigenvalue weighted by Crippen LogP contribution is -2.33. The number of sulfonamides is 1. The molecule has 0 radical (unpaired) electrons. The van der Waals surface area contributed by atoms with E-state index in [-0.39, 0.29) is 10.8 Å². The average molecular weight is 583 g/mol. The first-order valence-corrected chi connectivity index (χ1v) is 16.7. The second kappa shape index (κ2) is 14.8. The Kier molecular flexibility index (Phi) is 11.2. The Morgan fingerprint density at radius 2 is 1.61 bits per heavy atom. The number of likely N-dealkylation sites (tertiary alicyclic amines) is 1. The number of amides is 1. The number of aromatic nitrogens is 2. The molecule has 0 unspecified atom stereocenters. The number of benzene rings is 2. The fraction of sp³-hybridized carbons (Fsp3) is 0.548. The zero-order valence-corrected chi connectivity index (χ0v) is 25.7. The van der Waals surface area contributed by atoms with Gasteiger partial charge in [0.25, 0.3) is 5.91 Å². The highest BCUT2D eigenvalue weighted by Gasteiger charge is 2.19. The normalized spacial score (nSPS) is 14.4. The molecule has 1 fully saturated rings. The number of hydrogen-bond acceptors (Lipinski definition) is 6. The molecule has 3 aromatic rings. The van der Waals surface area contributed by atoms with E-state index < -0.39 is 10.0 Å². The molecule has 0 spiro atoms. The Balaban J connectivity index is 1.62. The molecule has 2 heterocycles. The molecular formula is C31H46N6O3S. The van der Waals surface area contributed by atoms with Gasteiger partial charge < -0.3 is 19.7 Å². The topological polar surface area (TPSA) is 99.6 Å². The summed E-state index contributed by atoms with van der Waals surface area (Å²) in [5, 5.41) is 3.40. The Morgan fingerprint density at radius 3 is 2.24 bits per heavy atom. The maximum Gasteiger partial charge on any atom is 0.253 e. The van der Waals surface area contributed by atoms with E-state index in [1.807, 2.05) is 23.1 Å². The molecule has 1 aliphatic heterocycles. The van der Waals surface area contributed by atoms with E-state index in [4.69, 9.17) is 4.98 Å². The third kappa shape index (κ3) is 8.08.